The molecule has 1 aliphatic heterocycles. The van der Waals surface area contributed by atoms with Crippen molar-refractivity contribution in [2.24, 2.45) is 16.3 Å². The van der Waals surface area contributed by atoms with E-state index in [0.29, 0.717) is 0 Å². The average Bonchev–Trinajstić information content (AvgIpc) is 3.08. The number of amidine groups is 1. The highest BCUT2D eigenvalue weighted by Gasteiger charge is 2.55. The molecule has 96 valence electrons. The summed E-state index contributed by atoms with van der Waals surface area (Å²) >= 11 is 0. The summed E-state index contributed by atoms with van der Waals surface area (Å²) in [6.45, 7) is 1.64. The van der Waals surface area contributed by atoms with Crippen molar-refractivity contribution in [3.63, 3.8) is 0 Å². The molecule has 1 saturated carbocycles. The first-order chi connectivity index (χ1) is 8.20. The van der Waals surface area contributed by atoms with Crippen molar-refractivity contribution >= 4 is 11.7 Å². The molecule has 1 saturated heterocycles. The Labute approximate surface area is 102 Å². The van der Waals surface area contributed by atoms with Gasteiger partial charge in [-0.05, 0) is 25.7 Å². The van der Waals surface area contributed by atoms with Gasteiger partial charge in [0.25, 0.3) is 0 Å². The Balaban J connectivity index is 2.03. The molecule has 0 aromatic carbocycles. The minimum atomic E-state index is -0.673. The molecule has 0 atom stereocenters. The van der Waals surface area contributed by atoms with Crippen molar-refractivity contribution in [3.05, 3.63) is 0 Å². The Morgan fingerprint density at radius 2 is 1.65 bits per heavy atom. The summed E-state index contributed by atoms with van der Waals surface area (Å²) in [6.07, 6.45) is 7.24. The summed E-state index contributed by atoms with van der Waals surface area (Å²) in [4.78, 5) is 14.3. The molecule has 1 aliphatic carbocycles. The quantitative estimate of drug-likeness (QED) is 0.330. The molecule has 0 aromatic heterocycles. The minimum absolute atomic E-state index is 0.0645. The molecule has 2 aliphatic rings. The first-order valence-electron chi connectivity index (χ1n) is 6.48. The van der Waals surface area contributed by atoms with Crippen molar-refractivity contribution in [1.82, 2.24) is 4.90 Å². The van der Waals surface area contributed by atoms with Gasteiger partial charge in [0.05, 0.1) is 0 Å². The SMILES string of the molecule is NC(=NO)C1(C(=O)N2CCCCCCC2)CC1. The number of carbonyl (C=O) groups is 1. The lowest BCUT2D eigenvalue weighted by Gasteiger charge is -2.28. The number of nitrogens with zero attached hydrogens (tertiary/aromatic N) is 2. The predicted molar refractivity (Wildman–Crippen MR) is 64.7 cm³/mol. The van der Waals surface area contributed by atoms with E-state index in [1.807, 2.05) is 4.90 Å². The van der Waals surface area contributed by atoms with Gasteiger partial charge in [-0.3, -0.25) is 4.79 Å². The lowest BCUT2D eigenvalue weighted by atomic mass is 10.0. The van der Waals surface area contributed by atoms with E-state index in [-0.39, 0.29) is 11.7 Å². The molecule has 0 radical (unpaired) electrons. The molecule has 5 heteroatoms. The van der Waals surface area contributed by atoms with E-state index in [9.17, 15) is 4.79 Å². The van der Waals surface area contributed by atoms with Crippen LogP contribution in [0.1, 0.15) is 44.9 Å². The fraction of sp³-hybridized carbons (Fsp3) is 0.833. The van der Waals surface area contributed by atoms with E-state index >= 15 is 0 Å². The zero-order chi connectivity index (χ0) is 12.3. The Hall–Kier alpha value is -1.26. The van der Waals surface area contributed by atoms with Crippen LogP contribution in [0.2, 0.25) is 0 Å². The molecular weight excluding hydrogens is 218 g/mol. The fourth-order valence-electron chi connectivity index (χ4n) is 2.55. The van der Waals surface area contributed by atoms with Crippen molar-refractivity contribution in [3.8, 4) is 0 Å². The molecule has 3 N–H and O–H groups in total. The molecule has 0 unspecified atom stereocenters. The summed E-state index contributed by atoms with van der Waals surface area (Å²) in [7, 11) is 0. The van der Waals surface area contributed by atoms with Gasteiger partial charge in [0, 0.05) is 13.1 Å². The number of nitrogens with two attached hydrogens (primary N) is 1. The second-order valence-electron chi connectivity index (χ2n) is 5.13. The minimum Gasteiger partial charge on any atom is -0.409 e. The van der Waals surface area contributed by atoms with Crippen LogP contribution in [0.15, 0.2) is 5.16 Å². The van der Waals surface area contributed by atoms with Gasteiger partial charge in [0.15, 0.2) is 5.84 Å². The third-order valence-corrected chi connectivity index (χ3v) is 3.90. The maximum absolute atomic E-state index is 12.4. The molecule has 2 rings (SSSR count). The number of oxime groups is 1. The van der Waals surface area contributed by atoms with Crippen molar-refractivity contribution < 1.29 is 10.0 Å². The van der Waals surface area contributed by atoms with E-state index in [4.69, 9.17) is 10.9 Å². The molecule has 5 nitrogen and oxygen atoms in total. The first kappa shape index (κ1) is 12.2. The largest absolute Gasteiger partial charge is 0.409 e. The summed E-state index contributed by atoms with van der Waals surface area (Å²) in [6, 6.07) is 0. The van der Waals surface area contributed by atoms with Crippen LogP contribution in [0.3, 0.4) is 0 Å². The highest BCUT2D eigenvalue weighted by Crippen LogP contribution is 2.47. The van der Waals surface area contributed by atoms with Crippen LogP contribution >= 0.6 is 0 Å². The Morgan fingerprint density at radius 3 is 2.12 bits per heavy atom. The summed E-state index contributed by atoms with van der Waals surface area (Å²) < 4.78 is 0. The van der Waals surface area contributed by atoms with Crippen LogP contribution < -0.4 is 5.73 Å². The van der Waals surface area contributed by atoms with E-state index < -0.39 is 5.41 Å². The standard InChI is InChI=1S/C12H21N3O2/c13-10(14-17)12(6-7-12)11(16)15-8-4-2-1-3-5-9-15/h17H,1-9H2,(H2,13,14). The lowest BCUT2D eigenvalue weighted by Crippen LogP contribution is -2.44. The van der Waals surface area contributed by atoms with Crippen LogP contribution in [0.4, 0.5) is 0 Å². The van der Waals surface area contributed by atoms with Crippen LogP contribution in [-0.2, 0) is 4.79 Å². The Bertz CT molecular complexity index is 316. The molecule has 0 aromatic rings. The molecular formula is C12H21N3O2. The fourth-order valence-corrected chi connectivity index (χ4v) is 2.55. The van der Waals surface area contributed by atoms with Gasteiger partial charge in [-0.2, -0.15) is 0 Å². The predicted octanol–water partition coefficient (Wildman–Crippen LogP) is 1.31. The van der Waals surface area contributed by atoms with Crippen LogP contribution in [0.25, 0.3) is 0 Å². The van der Waals surface area contributed by atoms with Gasteiger partial charge in [-0.1, -0.05) is 24.4 Å². The number of hydrogen-bond acceptors (Lipinski definition) is 3. The first-order valence-corrected chi connectivity index (χ1v) is 6.48. The summed E-state index contributed by atoms with van der Waals surface area (Å²) in [5.41, 5.74) is 4.97. The maximum Gasteiger partial charge on any atom is 0.236 e. The molecule has 1 heterocycles. The highest BCUT2D eigenvalue weighted by atomic mass is 16.4. The van der Waals surface area contributed by atoms with Gasteiger partial charge in [-0.15, -0.1) is 0 Å². The van der Waals surface area contributed by atoms with Gasteiger partial charge < -0.3 is 15.8 Å². The second-order valence-corrected chi connectivity index (χ2v) is 5.13. The number of amides is 1. The van der Waals surface area contributed by atoms with E-state index in [1.54, 1.807) is 0 Å². The number of hydrogen-bond donors (Lipinski definition) is 2. The molecule has 2 fully saturated rings. The normalized spacial score (nSPS) is 24.9. The highest BCUT2D eigenvalue weighted by molar-refractivity contribution is 6.09. The lowest BCUT2D eigenvalue weighted by molar-refractivity contribution is -0.134. The average molecular weight is 239 g/mol. The van der Waals surface area contributed by atoms with Crippen molar-refractivity contribution in [2.45, 2.75) is 44.9 Å². The summed E-state index contributed by atoms with van der Waals surface area (Å²) in [5, 5.41) is 11.8. The Kier molecular flexibility index (Phi) is 3.54. The van der Waals surface area contributed by atoms with Gasteiger partial charge in [-0.25, -0.2) is 0 Å². The van der Waals surface area contributed by atoms with Crippen molar-refractivity contribution in [2.75, 3.05) is 13.1 Å². The van der Waals surface area contributed by atoms with Crippen LogP contribution in [0.5, 0.6) is 0 Å². The second kappa shape index (κ2) is 4.94. The molecule has 0 bridgehead atoms. The smallest absolute Gasteiger partial charge is 0.236 e. The van der Waals surface area contributed by atoms with Gasteiger partial charge in [0.2, 0.25) is 5.91 Å². The van der Waals surface area contributed by atoms with Crippen molar-refractivity contribution in [1.29, 1.82) is 0 Å². The topological polar surface area (TPSA) is 78.9 Å². The third kappa shape index (κ3) is 2.37. The number of rotatable bonds is 2. The maximum atomic E-state index is 12.4. The van der Waals surface area contributed by atoms with E-state index in [0.717, 1.165) is 38.8 Å². The van der Waals surface area contributed by atoms with Gasteiger partial charge in [0.1, 0.15) is 5.41 Å². The summed E-state index contributed by atoms with van der Waals surface area (Å²) in [5.74, 6) is 0.152. The zero-order valence-electron chi connectivity index (χ0n) is 10.2. The molecule has 0 spiro atoms. The van der Waals surface area contributed by atoms with Crippen LogP contribution in [-0.4, -0.2) is 34.9 Å². The van der Waals surface area contributed by atoms with E-state index in [2.05, 4.69) is 5.16 Å². The molecule has 1 amide bonds. The number of carbonyl (C=O) groups excluding carboxylic acids is 1. The van der Waals surface area contributed by atoms with E-state index in [1.165, 1.54) is 19.3 Å². The zero-order valence-corrected chi connectivity index (χ0v) is 10.2. The third-order valence-electron chi connectivity index (χ3n) is 3.90. The number of likely N-dealkylation sites (tertiary alicyclic amines) is 1. The van der Waals surface area contributed by atoms with Gasteiger partial charge >= 0.3 is 0 Å². The molecule has 17 heavy (non-hydrogen) atoms. The Morgan fingerprint density at radius 1 is 1.12 bits per heavy atom. The monoisotopic (exact) mass is 239 g/mol. The van der Waals surface area contributed by atoms with Crippen LogP contribution in [0, 0.1) is 5.41 Å².